The Bertz CT molecular complexity index is 195. The van der Waals surface area contributed by atoms with Gasteiger partial charge in [-0.3, -0.25) is 4.90 Å². The van der Waals surface area contributed by atoms with E-state index in [1.807, 2.05) is 0 Å². The number of hydrogen-bond donors (Lipinski definition) is 1. The third-order valence-electron chi connectivity index (χ3n) is 3.94. The van der Waals surface area contributed by atoms with Crippen LogP contribution in [0.4, 0.5) is 0 Å². The Hall–Kier alpha value is -0.120. The fourth-order valence-corrected chi connectivity index (χ4v) is 2.47. The molecule has 1 atom stereocenters. The standard InChI is InChI=1S/C15H32N2O/c1-4-9-16-10-5-6-11-17(12-13-18-3)14(2)15-7-8-15/h14-16H,4-13H2,1-3H3. The number of ether oxygens (including phenoxy) is 1. The zero-order chi connectivity index (χ0) is 13.2. The molecule has 0 aromatic rings. The predicted molar refractivity (Wildman–Crippen MR) is 78.0 cm³/mol. The molecular weight excluding hydrogens is 224 g/mol. The molecular formula is C15H32N2O. The highest BCUT2D eigenvalue weighted by molar-refractivity contribution is 4.85. The van der Waals surface area contributed by atoms with Crippen LogP contribution in [-0.2, 0) is 4.74 Å². The van der Waals surface area contributed by atoms with E-state index in [9.17, 15) is 0 Å². The lowest BCUT2D eigenvalue weighted by molar-refractivity contribution is 0.115. The van der Waals surface area contributed by atoms with Gasteiger partial charge in [-0.2, -0.15) is 0 Å². The zero-order valence-corrected chi connectivity index (χ0v) is 12.6. The van der Waals surface area contributed by atoms with Crippen LogP contribution >= 0.6 is 0 Å². The molecule has 1 saturated carbocycles. The third-order valence-corrected chi connectivity index (χ3v) is 3.94. The number of nitrogens with one attached hydrogen (secondary N) is 1. The van der Waals surface area contributed by atoms with Crippen molar-refractivity contribution in [2.24, 2.45) is 5.92 Å². The maximum absolute atomic E-state index is 5.23. The van der Waals surface area contributed by atoms with Gasteiger partial charge in [-0.1, -0.05) is 6.92 Å². The summed E-state index contributed by atoms with van der Waals surface area (Å²) in [6.07, 6.45) is 6.70. The van der Waals surface area contributed by atoms with Crippen molar-refractivity contribution < 1.29 is 4.74 Å². The van der Waals surface area contributed by atoms with Crippen LogP contribution in [0.5, 0.6) is 0 Å². The minimum atomic E-state index is 0.753. The lowest BCUT2D eigenvalue weighted by atomic mass is 10.1. The smallest absolute Gasteiger partial charge is 0.0589 e. The summed E-state index contributed by atoms with van der Waals surface area (Å²) in [6, 6.07) is 0.753. The first-order valence-corrected chi connectivity index (χ1v) is 7.73. The van der Waals surface area contributed by atoms with Gasteiger partial charge in [0.1, 0.15) is 0 Å². The van der Waals surface area contributed by atoms with Gasteiger partial charge in [0.15, 0.2) is 0 Å². The van der Waals surface area contributed by atoms with E-state index in [4.69, 9.17) is 4.74 Å². The first kappa shape index (κ1) is 15.9. The van der Waals surface area contributed by atoms with Gasteiger partial charge < -0.3 is 10.1 Å². The Kier molecular flexibility index (Phi) is 8.64. The third kappa shape index (κ3) is 6.72. The van der Waals surface area contributed by atoms with Gasteiger partial charge in [-0.05, 0) is 64.6 Å². The van der Waals surface area contributed by atoms with Crippen LogP contribution < -0.4 is 5.32 Å². The Morgan fingerprint density at radius 1 is 1.22 bits per heavy atom. The number of rotatable bonds is 12. The van der Waals surface area contributed by atoms with Crippen LogP contribution in [-0.4, -0.2) is 50.8 Å². The van der Waals surface area contributed by atoms with E-state index in [0.717, 1.165) is 31.7 Å². The van der Waals surface area contributed by atoms with Crippen LogP contribution in [0.3, 0.4) is 0 Å². The Morgan fingerprint density at radius 2 is 2.00 bits per heavy atom. The van der Waals surface area contributed by atoms with Gasteiger partial charge in [-0.15, -0.1) is 0 Å². The molecule has 1 fully saturated rings. The van der Waals surface area contributed by atoms with Crippen molar-refractivity contribution in [1.82, 2.24) is 10.2 Å². The Balaban J connectivity index is 2.10. The minimum Gasteiger partial charge on any atom is -0.383 e. The summed E-state index contributed by atoms with van der Waals surface area (Å²) >= 11 is 0. The van der Waals surface area contributed by atoms with E-state index >= 15 is 0 Å². The first-order chi connectivity index (χ1) is 8.79. The highest BCUT2D eigenvalue weighted by Gasteiger charge is 2.31. The SMILES string of the molecule is CCCNCCCCN(CCOC)C(C)C1CC1. The molecule has 3 heteroatoms. The summed E-state index contributed by atoms with van der Waals surface area (Å²) in [7, 11) is 1.80. The number of nitrogens with zero attached hydrogens (tertiary/aromatic N) is 1. The molecule has 0 aromatic carbocycles. The van der Waals surface area contributed by atoms with E-state index in [2.05, 4.69) is 24.1 Å². The average molecular weight is 256 g/mol. The van der Waals surface area contributed by atoms with Crippen LogP contribution in [0, 0.1) is 5.92 Å². The lowest BCUT2D eigenvalue weighted by Crippen LogP contribution is -2.38. The van der Waals surface area contributed by atoms with Crippen LogP contribution in [0.25, 0.3) is 0 Å². The molecule has 0 aliphatic heterocycles. The summed E-state index contributed by atoms with van der Waals surface area (Å²) in [5.41, 5.74) is 0. The fourth-order valence-electron chi connectivity index (χ4n) is 2.47. The quantitative estimate of drug-likeness (QED) is 0.543. The number of unbranched alkanes of at least 4 members (excludes halogenated alkanes) is 1. The van der Waals surface area contributed by atoms with Gasteiger partial charge in [0, 0.05) is 19.7 Å². The van der Waals surface area contributed by atoms with E-state index < -0.39 is 0 Å². The molecule has 1 N–H and O–H groups in total. The normalized spacial score (nSPS) is 17.3. The van der Waals surface area contributed by atoms with Crippen molar-refractivity contribution in [1.29, 1.82) is 0 Å². The highest BCUT2D eigenvalue weighted by atomic mass is 16.5. The summed E-state index contributed by atoms with van der Waals surface area (Å²) in [5.74, 6) is 0.958. The molecule has 18 heavy (non-hydrogen) atoms. The molecule has 1 unspecified atom stereocenters. The second-order valence-electron chi connectivity index (χ2n) is 5.56. The van der Waals surface area contributed by atoms with Crippen LogP contribution in [0.2, 0.25) is 0 Å². The lowest BCUT2D eigenvalue weighted by Gasteiger charge is -2.29. The molecule has 108 valence electrons. The van der Waals surface area contributed by atoms with E-state index in [-0.39, 0.29) is 0 Å². The fraction of sp³-hybridized carbons (Fsp3) is 1.00. The summed E-state index contributed by atoms with van der Waals surface area (Å²) in [6.45, 7) is 10.1. The molecule has 0 saturated heterocycles. The second kappa shape index (κ2) is 9.76. The summed E-state index contributed by atoms with van der Waals surface area (Å²) < 4.78 is 5.23. The van der Waals surface area contributed by atoms with E-state index in [0.29, 0.717) is 0 Å². The van der Waals surface area contributed by atoms with Gasteiger partial charge in [0.25, 0.3) is 0 Å². The van der Waals surface area contributed by atoms with E-state index in [1.54, 1.807) is 7.11 Å². The van der Waals surface area contributed by atoms with E-state index in [1.165, 1.54) is 45.2 Å². The maximum Gasteiger partial charge on any atom is 0.0589 e. The molecule has 3 nitrogen and oxygen atoms in total. The topological polar surface area (TPSA) is 24.5 Å². The number of hydrogen-bond acceptors (Lipinski definition) is 3. The molecule has 0 amide bonds. The second-order valence-corrected chi connectivity index (χ2v) is 5.56. The van der Waals surface area contributed by atoms with Gasteiger partial charge in [0.2, 0.25) is 0 Å². The van der Waals surface area contributed by atoms with Crippen molar-refractivity contribution in [3.8, 4) is 0 Å². The molecule has 0 radical (unpaired) electrons. The minimum absolute atomic E-state index is 0.753. The van der Waals surface area contributed by atoms with Crippen molar-refractivity contribution in [2.75, 3.05) is 39.9 Å². The zero-order valence-electron chi connectivity index (χ0n) is 12.6. The predicted octanol–water partition coefficient (Wildman–Crippen LogP) is 2.51. The van der Waals surface area contributed by atoms with Crippen molar-refractivity contribution in [3.05, 3.63) is 0 Å². The Labute approximate surface area is 113 Å². The monoisotopic (exact) mass is 256 g/mol. The van der Waals surface area contributed by atoms with Crippen molar-refractivity contribution in [2.45, 2.75) is 52.0 Å². The van der Waals surface area contributed by atoms with Crippen molar-refractivity contribution >= 4 is 0 Å². The summed E-state index contributed by atoms with van der Waals surface area (Å²) in [5, 5.41) is 3.47. The van der Waals surface area contributed by atoms with Gasteiger partial charge in [0.05, 0.1) is 6.61 Å². The van der Waals surface area contributed by atoms with Crippen molar-refractivity contribution in [3.63, 3.8) is 0 Å². The van der Waals surface area contributed by atoms with Crippen LogP contribution in [0.15, 0.2) is 0 Å². The summed E-state index contributed by atoms with van der Waals surface area (Å²) in [4.78, 5) is 2.63. The maximum atomic E-state index is 5.23. The molecule has 1 aliphatic carbocycles. The highest BCUT2D eigenvalue weighted by Crippen LogP contribution is 2.35. The molecule has 0 heterocycles. The molecule has 0 spiro atoms. The van der Waals surface area contributed by atoms with Gasteiger partial charge >= 0.3 is 0 Å². The Morgan fingerprint density at radius 3 is 2.61 bits per heavy atom. The molecule has 0 aromatic heterocycles. The molecule has 1 aliphatic rings. The first-order valence-electron chi connectivity index (χ1n) is 7.73. The average Bonchev–Trinajstić information content (AvgIpc) is 3.20. The number of methoxy groups -OCH3 is 1. The largest absolute Gasteiger partial charge is 0.383 e. The molecule has 1 rings (SSSR count). The molecule has 0 bridgehead atoms. The van der Waals surface area contributed by atoms with Crippen LogP contribution in [0.1, 0.15) is 46.0 Å². The van der Waals surface area contributed by atoms with Gasteiger partial charge in [-0.25, -0.2) is 0 Å².